The zero-order chi connectivity index (χ0) is 14.5. The number of aromatic nitrogens is 1. The minimum Gasteiger partial charge on any atom is -0.490 e. The van der Waals surface area contributed by atoms with Crippen molar-refractivity contribution in [2.75, 3.05) is 18.9 Å². The van der Waals surface area contributed by atoms with Crippen molar-refractivity contribution < 1.29 is 13.9 Å². The first-order chi connectivity index (χ1) is 9.69. The largest absolute Gasteiger partial charge is 0.490 e. The van der Waals surface area contributed by atoms with Crippen molar-refractivity contribution in [3.05, 3.63) is 23.9 Å². The van der Waals surface area contributed by atoms with E-state index >= 15 is 0 Å². The molecule has 0 aliphatic heterocycles. The topological polar surface area (TPSA) is 94.3 Å². The molecule has 0 unspecified atom stereocenters. The summed E-state index contributed by atoms with van der Waals surface area (Å²) in [4.78, 5) is 4.03. The first kappa shape index (κ1) is 13.7. The van der Waals surface area contributed by atoms with Crippen LogP contribution in [0.3, 0.4) is 0 Å². The van der Waals surface area contributed by atoms with Crippen molar-refractivity contribution in [1.82, 2.24) is 4.98 Å². The monoisotopic (exact) mass is 273 g/mol. The average molecular weight is 273 g/mol. The van der Waals surface area contributed by atoms with Gasteiger partial charge in [-0.15, -0.1) is 0 Å². The number of ether oxygens (including phenoxy) is 2. The molecule has 2 N–H and O–H groups in total. The van der Waals surface area contributed by atoms with E-state index < -0.39 is 0 Å². The first-order valence-electron chi connectivity index (χ1n) is 6.26. The number of anilines is 1. The highest BCUT2D eigenvalue weighted by molar-refractivity contribution is 5.62. The molecule has 1 heterocycles. The number of nitrogens with zero attached hydrogens (tertiary/aromatic N) is 2. The van der Waals surface area contributed by atoms with Crippen molar-refractivity contribution in [3.63, 3.8) is 0 Å². The van der Waals surface area contributed by atoms with Crippen LogP contribution in [0.5, 0.6) is 11.5 Å². The summed E-state index contributed by atoms with van der Waals surface area (Å²) < 4.78 is 16.3. The summed E-state index contributed by atoms with van der Waals surface area (Å²) in [7, 11) is 0. The molecule has 104 valence electrons. The second-order valence-electron chi connectivity index (χ2n) is 3.87. The second-order valence-corrected chi connectivity index (χ2v) is 3.87. The number of hydrogen-bond donors (Lipinski definition) is 1. The molecule has 0 radical (unpaired) electrons. The first-order valence-corrected chi connectivity index (χ1v) is 6.26. The summed E-state index contributed by atoms with van der Waals surface area (Å²) >= 11 is 0. The molecule has 0 amide bonds. The van der Waals surface area contributed by atoms with Gasteiger partial charge in [-0.25, -0.2) is 0 Å². The number of nitrogen functional groups attached to an aromatic ring is 1. The number of nitrogens with two attached hydrogens (primary N) is 1. The molecular formula is C14H15N3O3. The second kappa shape index (κ2) is 5.97. The van der Waals surface area contributed by atoms with E-state index in [0.29, 0.717) is 30.3 Å². The molecule has 6 nitrogen and oxygen atoms in total. The van der Waals surface area contributed by atoms with Gasteiger partial charge in [-0.2, -0.15) is 10.2 Å². The Balaban J connectivity index is 2.41. The van der Waals surface area contributed by atoms with E-state index in [1.54, 1.807) is 18.2 Å². The molecule has 2 aromatic rings. The SMILES string of the molecule is CCOc1ccc(-c2nc(C#N)c(N)o2)cc1OCC. The number of benzene rings is 1. The van der Waals surface area contributed by atoms with Crippen LogP contribution in [0.2, 0.25) is 0 Å². The molecule has 1 aromatic carbocycles. The van der Waals surface area contributed by atoms with Crippen LogP contribution in [-0.2, 0) is 0 Å². The van der Waals surface area contributed by atoms with Gasteiger partial charge in [-0.1, -0.05) is 0 Å². The van der Waals surface area contributed by atoms with E-state index in [-0.39, 0.29) is 17.5 Å². The highest BCUT2D eigenvalue weighted by Gasteiger charge is 2.14. The van der Waals surface area contributed by atoms with E-state index in [2.05, 4.69) is 4.98 Å². The maximum absolute atomic E-state index is 8.83. The van der Waals surface area contributed by atoms with Gasteiger partial charge in [0.15, 0.2) is 11.5 Å². The fourth-order valence-corrected chi connectivity index (χ4v) is 1.72. The van der Waals surface area contributed by atoms with Crippen molar-refractivity contribution in [1.29, 1.82) is 5.26 Å². The van der Waals surface area contributed by atoms with Crippen LogP contribution in [0.1, 0.15) is 19.5 Å². The normalized spacial score (nSPS) is 10.1. The average Bonchev–Trinajstić information content (AvgIpc) is 2.82. The van der Waals surface area contributed by atoms with Crippen LogP contribution >= 0.6 is 0 Å². The minimum absolute atomic E-state index is 0.00865. The Morgan fingerprint density at radius 3 is 2.55 bits per heavy atom. The zero-order valence-corrected chi connectivity index (χ0v) is 11.3. The van der Waals surface area contributed by atoms with Crippen LogP contribution in [-0.4, -0.2) is 18.2 Å². The molecule has 6 heteroatoms. The Morgan fingerprint density at radius 1 is 1.25 bits per heavy atom. The molecular weight excluding hydrogens is 258 g/mol. The molecule has 0 bridgehead atoms. The lowest BCUT2D eigenvalue weighted by molar-refractivity contribution is 0.288. The smallest absolute Gasteiger partial charge is 0.230 e. The van der Waals surface area contributed by atoms with Gasteiger partial charge in [0.2, 0.25) is 17.5 Å². The maximum Gasteiger partial charge on any atom is 0.230 e. The van der Waals surface area contributed by atoms with E-state index in [0.717, 1.165) is 0 Å². The van der Waals surface area contributed by atoms with Crippen LogP contribution < -0.4 is 15.2 Å². The number of nitriles is 1. The van der Waals surface area contributed by atoms with Gasteiger partial charge in [0, 0.05) is 5.56 Å². The van der Waals surface area contributed by atoms with Gasteiger partial charge in [0.1, 0.15) is 6.07 Å². The lowest BCUT2D eigenvalue weighted by Gasteiger charge is -2.11. The molecule has 2 rings (SSSR count). The van der Waals surface area contributed by atoms with Crippen molar-refractivity contribution in [2.45, 2.75) is 13.8 Å². The predicted molar refractivity (Wildman–Crippen MR) is 73.4 cm³/mol. The Bertz CT molecular complexity index is 644. The van der Waals surface area contributed by atoms with E-state index in [4.69, 9.17) is 24.9 Å². The zero-order valence-electron chi connectivity index (χ0n) is 11.3. The number of hydrogen-bond acceptors (Lipinski definition) is 6. The molecule has 0 fully saturated rings. The summed E-state index contributed by atoms with van der Waals surface area (Å²) in [5.74, 6) is 1.54. The Morgan fingerprint density at radius 2 is 1.95 bits per heavy atom. The summed E-state index contributed by atoms with van der Waals surface area (Å²) in [6, 6.07) is 7.17. The fourth-order valence-electron chi connectivity index (χ4n) is 1.72. The Labute approximate surface area is 116 Å². The standard InChI is InChI=1S/C14H15N3O3/c1-3-18-11-6-5-9(7-12(11)19-4-2)14-17-10(8-15)13(16)20-14/h5-7H,3-4,16H2,1-2H3. The van der Waals surface area contributed by atoms with Gasteiger partial charge < -0.3 is 19.6 Å². The van der Waals surface area contributed by atoms with Crippen LogP contribution in [0.25, 0.3) is 11.5 Å². The molecule has 0 saturated heterocycles. The molecule has 0 aliphatic carbocycles. The van der Waals surface area contributed by atoms with Gasteiger partial charge in [0.05, 0.1) is 13.2 Å². The molecule has 0 saturated carbocycles. The van der Waals surface area contributed by atoms with Crippen molar-refractivity contribution in [3.8, 4) is 29.0 Å². The molecule has 20 heavy (non-hydrogen) atoms. The number of oxazole rings is 1. The van der Waals surface area contributed by atoms with Gasteiger partial charge >= 0.3 is 0 Å². The lowest BCUT2D eigenvalue weighted by Crippen LogP contribution is -1.98. The highest BCUT2D eigenvalue weighted by atomic mass is 16.5. The fraction of sp³-hybridized carbons (Fsp3) is 0.286. The van der Waals surface area contributed by atoms with Crippen LogP contribution in [0.15, 0.2) is 22.6 Å². The third-order valence-electron chi connectivity index (χ3n) is 2.55. The van der Waals surface area contributed by atoms with E-state index in [1.807, 2.05) is 19.9 Å². The minimum atomic E-state index is 0.00865. The van der Waals surface area contributed by atoms with Gasteiger partial charge in [-0.3, -0.25) is 0 Å². The summed E-state index contributed by atoms with van der Waals surface area (Å²) in [6.07, 6.45) is 0. The summed E-state index contributed by atoms with van der Waals surface area (Å²) in [6.45, 7) is 4.85. The molecule has 0 aliphatic rings. The van der Waals surface area contributed by atoms with Crippen molar-refractivity contribution >= 4 is 5.88 Å². The molecule has 0 spiro atoms. The third kappa shape index (κ3) is 2.67. The number of rotatable bonds is 5. The van der Waals surface area contributed by atoms with Crippen LogP contribution in [0.4, 0.5) is 5.88 Å². The molecule has 1 aromatic heterocycles. The van der Waals surface area contributed by atoms with Gasteiger partial charge in [-0.05, 0) is 32.0 Å². The highest BCUT2D eigenvalue weighted by Crippen LogP contribution is 2.33. The Hall–Kier alpha value is -2.68. The maximum atomic E-state index is 8.83. The van der Waals surface area contributed by atoms with E-state index in [9.17, 15) is 0 Å². The predicted octanol–water partition coefficient (Wildman–Crippen LogP) is 2.59. The third-order valence-corrected chi connectivity index (χ3v) is 2.55. The van der Waals surface area contributed by atoms with Gasteiger partial charge in [0.25, 0.3) is 0 Å². The molecule has 0 atom stereocenters. The van der Waals surface area contributed by atoms with Crippen LogP contribution in [0, 0.1) is 11.3 Å². The summed E-state index contributed by atoms with van der Waals surface area (Å²) in [5.41, 5.74) is 6.30. The lowest BCUT2D eigenvalue weighted by atomic mass is 10.2. The quantitative estimate of drug-likeness (QED) is 0.899. The Kier molecular flexibility index (Phi) is 4.11. The summed E-state index contributed by atoms with van der Waals surface area (Å²) in [5, 5.41) is 8.83. The van der Waals surface area contributed by atoms with Crippen molar-refractivity contribution in [2.24, 2.45) is 0 Å². The van der Waals surface area contributed by atoms with E-state index in [1.165, 1.54) is 0 Å².